The SMILES string of the molecule is CC(C(=O)O)N1CCN(C(=O)c2cccc(F)c2N)CC1. The van der Waals surface area contributed by atoms with Crippen LogP contribution in [0.2, 0.25) is 0 Å². The summed E-state index contributed by atoms with van der Waals surface area (Å²) < 4.78 is 13.4. The third-order valence-corrected chi connectivity index (χ3v) is 3.79. The van der Waals surface area contributed by atoms with Crippen LogP contribution in [0.3, 0.4) is 0 Å². The third kappa shape index (κ3) is 3.13. The second-order valence-electron chi connectivity index (χ2n) is 5.04. The van der Waals surface area contributed by atoms with Crippen molar-refractivity contribution in [1.82, 2.24) is 9.80 Å². The van der Waals surface area contributed by atoms with Gasteiger partial charge in [-0.05, 0) is 19.1 Å². The van der Waals surface area contributed by atoms with Crippen LogP contribution in [-0.2, 0) is 4.79 Å². The van der Waals surface area contributed by atoms with Crippen molar-refractivity contribution >= 4 is 17.6 Å². The van der Waals surface area contributed by atoms with Gasteiger partial charge in [0.25, 0.3) is 5.91 Å². The zero-order valence-electron chi connectivity index (χ0n) is 11.8. The maximum atomic E-state index is 13.4. The van der Waals surface area contributed by atoms with Crippen LogP contribution in [0.25, 0.3) is 0 Å². The minimum Gasteiger partial charge on any atom is -0.480 e. The highest BCUT2D eigenvalue weighted by molar-refractivity contribution is 5.99. The quantitative estimate of drug-likeness (QED) is 0.799. The Labute approximate surface area is 121 Å². The van der Waals surface area contributed by atoms with Crippen molar-refractivity contribution in [1.29, 1.82) is 0 Å². The molecule has 1 amide bonds. The normalized spacial score (nSPS) is 17.5. The second-order valence-corrected chi connectivity index (χ2v) is 5.04. The van der Waals surface area contributed by atoms with Crippen LogP contribution in [0, 0.1) is 5.82 Å². The molecule has 1 aromatic rings. The maximum Gasteiger partial charge on any atom is 0.320 e. The van der Waals surface area contributed by atoms with Gasteiger partial charge in [-0.2, -0.15) is 0 Å². The van der Waals surface area contributed by atoms with Crippen molar-refractivity contribution < 1.29 is 19.1 Å². The molecule has 0 spiro atoms. The zero-order valence-corrected chi connectivity index (χ0v) is 11.8. The van der Waals surface area contributed by atoms with Crippen LogP contribution in [0.1, 0.15) is 17.3 Å². The predicted octanol–water partition coefficient (Wildman–Crippen LogP) is 0.639. The molecular formula is C14H18FN3O3. The molecule has 1 unspecified atom stereocenters. The van der Waals surface area contributed by atoms with E-state index in [0.29, 0.717) is 26.2 Å². The van der Waals surface area contributed by atoms with E-state index in [4.69, 9.17) is 10.8 Å². The summed E-state index contributed by atoms with van der Waals surface area (Å²) in [6.07, 6.45) is 0. The van der Waals surface area contributed by atoms with E-state index in [-0.39, 0.29) is 17.2 Å². The Kier molecular flexibility index (Phi) is 4.42. The third-order valence-electron chi connectivity index (χ3n) is 3.79. The van der Waals surface area contributed by atoms with Crippen LogP contribution in [0.15, 0.2) is 18.2 Å². The maximum absolute atomic E-state index is 13.4. The van der Waals surface area contributed by atoms with E-state index in [1.54, 1.807) is 16.7 Å². The molecule has 1 aliphatic heterocycles. The molecule has 1 saturated heterocycles. The highest BCUT2D eigenvalue weighted by Crippen LogP contribution is 2.19. The number of nitrogen functional groups attached to an aromatic ring is 1. The van der Waals surface area contributed by atoms with Gasteiger partial charge in [0.15, 0.2) is 0 Å². The van der Waals surface area contributed by atoms with Gasteiger partial charge in [0.1, 0.15) is 11.9 Å². The van der Waals surface area contributed by atoms with Crippen molar-refractivity contribution in [3.8, 4) is 0 Å². The molecule has 1 atom stereocenters. The number of aliphatic carboxylic acids is 1. The molecular weight excluding hydrogens is 277 g/mol. The smallest absolute Gasteiger partial charge is 0.320 e. The number of benzene rings is 1. The number of piperazine rings is 1. The minimum absolute atomic E-state index is 0.148. The summed E-state index contributed by atoms with van der Waals surface area (Å²) in [4.78, 5) is 26.6. The van der Waals surface area contributed by atoms with Gasteiger partial charge >= 0.3 is 5.97 Å². The first-order chi connectivity index (χ1) is 9.91. The number of nitrogens with two attached hydrogens (primary N) is 1. The molecule has 1 heterocycles. The van der Waals surface area contributed by atoms with Gasteiger partial charge in [0.05, 0.1) is 11.3 Å². The Balaban J connectivity index is 2.04. The number of nitrogens with zero attached hydrogens (tertiary/aromatic N) is 2. The van der Waals surface area contributed by atoms with E-state index in [0.717, 1.165) is 0 Å². The number of halogens is 1. The molecule has 114 valence electrons. The van der Waals surface area contributed by atoms with Crippen LogP contribution >= 0.6 is 0 Å². The highest BCUT2D eigenvalue weighted by Gasteiger charge is 2.28. The van der Waals surface area contributed by atoms with Gasteiger partial charge in [-0.15, -0.1) is 0 Å². The van der Waals surface area contributed by atoms with E-state index in [1.165, 1.54) is 18.2 Å². The Bertz CT molecular complexity index is 556. The summed E-state index contributed by atoms with van der Waals surface area (Å²) in [7, 11) is 0. The van der Waals surface area contributed by atoms with Crippen LogP contribution in [0.4, 0.5) is 10.1 Å². The van der Waals surface area contributed by atoms with Gasteiger partial charge in [-0.25, -0.2) is 4.39 Å². The monoisotopic (exact) mass is 295 g/mol. The molecule has 0 saturated carbocycles. The predicted molar refractivity (Wildman–Crippen MR) is 75.4 cm³/mol. The van der Waals surface area contributed by atoms with Crippen LogP contribution in [0.5, 0.6) is 0 Å². The zero-order chi connectivity index (χ0) is 15.6. The number of carboxylic acid groups (broad SMARTS) is 1. The van der Waals surface area contributed by atoms with Crippen LogP contribution in [-0.4, -0.2) is 59.0 Å². The molecule has 0 aliphatic carbocycles. The minimum atomic E-state index is -0.885. The Hall–Kier alpha value is -2.15. The second kappa shape index (κ2) is 6.09. The summed E-state index contributed by atoms with van der Waals surface area (Å²) in [6.45, 7) is 3.34. The number of hydrogen-bond acceptors (Lipinski definition) is 4. The molecule has 0 radical (unpaired) electrons. The van der Waals surface area contributed by atoms with Gasteiger partial charge < -0.3 is 15.7 Å². The number of anilines is 1. The van der Waals surface area contributed by atoms with Crippen LogP contribution < -0.4 is 5.73 Å². The number of para-hydroxylation sites is 1. The molecule has 21 heavy (non-hydrogen) atoms. The first kappa shape index (κ1) is 15.2. The molecule has 0 bridgehead atoms. The highest BCUT2D eigenvalue weighted by atomic mass is 19.1. The number of carboxylic acids is 1. The first-order valence-electron chi connectivity index (χ1n) is 6.72. The lowest BCUT2D eigenvalue weighted by Crippen LogP contribution is -2.53. The topological polar surface area (TPSA) is 86.9 Å². The number of rotatable bonds is 3. The van der Waals surface area contributed by atoms with E-state index in [9.17, 15) is 14.0 Å². The van der Waals surface area contributed by atoms with Crippen molar-refractivity contribution in [2.45, 2.75) is 13.0 Å². The van der Waals surface area contributed by atoms with E-state index >= 15 is 0 Å². The van der Waals surface area contributed by atoms with Crippen molar-refractivity contribution in [3.05, 3.63) is 29.6 Å². The lowest BCUT2D eigenvalue weighted by atomic mass is 10.1. The fraction of sp³-hybridized carbons (Fsp3) is 0.429. The summed E-state index contributed by atoms with van der Waals surface area (Å²) >= 11 is 0. The molecule has 1 fully saturated rings. The van der Waals surface area contributed by atoms with E-state index < -0.39 is 17.8 Å². The molecule has 3 N–H and O–H groups in total. The Morgan fingerprint density at radius 2 is 1.90 bits per heavy atom. The summed E-state index contributed by atoms with van der Waals surface area (Å²) in [5.74, 6) is -1.82. The molecule has 7 heteroatoms. The van der Waals surface area contributed by atoms with Crippen molar-refractivity contribution in [2.24, 2.45) is 0 Å². The lowest BCUT2D eigenvalue weighted by Gasteiger charge is -2.36. The fourth-order valence-electron chi connectivity index (χ4n) is 2.36. The fourth-order valence-corrected chi connectivity index (χ4v) is 2.36. The number of carbonyl (C=O) groups is 2. The van der Waals surface area contributed by atoms with Gasteiger partial charge in [-0.3, -0.25) is 14.5 Å². The molecule has 6 nitrogen and oxygen atoms in total. The molecule has 2 rings (SSSR count). The standard InChI is InChI=1S/C14H18FN3O3/c1-9(14(20)21)17-5-7-18(8-6-17)13(19)10-3-2-4-11(15)12(10)16/h2-4,9H,5-8,16H2,1H3,(H,20,21). The number of carbonyl (C=O) groups excluding carboxylic acids is 1. The molecule has 1 aliphatic rings. The summed E-state index contributed by atoms with van der Waals surface area (Å²) in [5, 5.41) is 8.97. The number of amides is 1. The van der Waals surface area contributed by atoms with Gasteiger partial charge in [0.2, 0.25) is 0 Å². The lowest BCUT2D eigenvalue weighted by molar-refractivity contribution is -0.143. The summed E-state index contributed by atoms with van der Waals surface area (Å²) in [6, 6.07) is 3.56. The van der Waals surface area contributed by atoms with Crippen molar-refractivity contribution in [2.75, 3.05) is 31.9 Å². The number of hydrogen-bond donors (Lipinski definition) is 2. The molecule has 0 aromatic heterocycles. The summed E-state index contributed by atoms with van der Waals surface area (Å²) in [5.41, 5.74) is 5.59. The molecule has 1 aromatic carbocycles. The van der Waals surface area contributed by atoms with Gasteiger partial charge in [-0.1, -0.05) is 6.07 Å². The average Bonchev–Trinajstić information content (AvgIpc) is 2.48. The average molecular weight is 295 g/mol. The Morgan fingerprint density at radius 3 is 2.48 bits per heavy atom. The Morgan fingerprint density at radius 1 is 1.29 bits per heavy atom. The van der Waals surface area contributed by atoms with Crippen molar-refractivity contribution in [3.63, 3.8) is 0 Å². The first-order valence-corrected chi connectivity index (χ1v) is 6.72. The van der Waals surface area contributed by atoms with E-state index in [2.05, 4.69) is 0 Å². The largest absolute Gasteiger partial charge is 0.480 e. The van der Waals surface area contributed by atoms with E-state index in [1.807, 2.05) is 0 Å². The van der Waals surface area contributed by atoms with Gasteiger partial charge in [0, 0.05) is 26.2 Å².